The molecule has 1 saturated heterocycles. The Balaban J connectivity index is 1.44. The Kier molecular flexibility index (Phi) is 5.05. The minimum atomic E-state index is -0.524. The van der Waals surface area contributed by atoms with E-state index in [9.17, 15) is 9.59 Å². The zero-order valence-electron chi connectivity index (χ0n) is 13.8. The second kappa shape index (κ2) is 7.40. The SMILES string of the molecule is Cc1ncc(CN2CC[C@@H](CNC(=O)C(=O)c3ccccc3)C2)[nH]1. The van der Waals surface area contributed by atoms with Crippen molar-refractivity contribution >= 4 is 11.7 Å². The molecule has 2 aromatic rings. The molecule has 1 aliphatic heterocycles. The van der Waals surface area contributed by atoms with Gasteiger partial charge in [0.2, 0.25) is 5.78 Å². The van der Waals surface area contributed by atoms with Gasteiger partial charge in [0.15, 0.2) is 0 Å². The highest BCUT2D eigenvalue weighted by molar-refractivity contribution is 6.42. The first kappa shape index (κ1) is 16.4. The van der Waals surface area contributed by atoms with Gasteiger partial charge in [0.1, 0.15) is 5.82 Å². The Bertz CT molecular complexity index is 711. The number of aromatic nitrogens is 2. The average molecular weight is 326 g/mol. The fourth-order valence-electron chi connectivity index (χ4n) is 3.05. The molecule has 3 rings (SSSR count). The van der Waals surface area contributed by atoms with E-state index in [1.165, 1.54) is 0 Å². The molecule has 126 valence electrons. The number of hydrogen-bond acceptors (Lipinski definition) is 4. The first-order chi connectivity index (χ1) is 11.6. The summed E-state index contributed by atoms with van der Waals surface area (Å²) in [5, 5.41) is 2.78. The van der Waals surface area contributed by atoms with E-state index < -0.39 is 11.7 Å². The normalized spacial score (nSPS) is 17.8. The van der Waals surface area contributed by atoms with E-state index in [2.05, 4.69) is 20.2 Å². The lowest BCUT2D eigenvalue weighted by Crippen LogP contribution is -2.35. The van der Waals surface area contributed by atoms with Crippen LogP contribution in [-0.4, -0.2) is 46.2 Å². The number of aryl methyl sites for hydroxylation is 1. The van der Waals surface area contributed by atoms with Crippen LogP contribution in [-0.2, 0) is 11.3 Å². The molecular weight excluding hydrogens is 304 g/mol. The Morgan fingerprint density at radius 1 is 1.33 bits per heavy atom. The molecular formula is C18H22N4O2. The molecule has 1 aromatic carbocycles. The number of carbonyl (C=O) groups is 2. The van der Waals surface area contributed by atoms with Crippen molar-refractivity contribution in [1.82, 2.24) is 20.2 Å². The van der Waals surface area contributed by atoms with Gasteiger partial charge in [0.05, 0.1) is 0 Å². The van der Waals surface area contributed by atoms with Gasteiger partial charge in [0, 0.05) is 37.1 Å². The van der Waals surface area contributed by atoms with E-state index >= 15 is 0 Å². The predicted molar refractivity (Wildman–Crippen MR) is 90.5 cm³/mol. The summed E-state index contributed by atoms with van der Waals surface area (Å²) in [6.07, 6.45) is 2.88. The number of Topliss-reactive ketones (excluding diaryl/α,β-unsaturated/α-hetero) is 1. The molecule has 0 saturated carbocycles. The van der Waals surface area contributed by atoms with Gasteiger partial charge in [-0.1, -0.05) is 30.3 Å². The van der Waals surface area contributed by atoms with Crippen LogP contribution in [0.5, 0.6) is 0 Å². The van der Waals surface area contributed by atoms with Gasteiger partial charge in [-0.3, -0.25) is 14.5 Å². The maximum Gasteiger partial charge on any atom is 0.292 e. The molecule has 0 spiro atoms. The van der Waals surface area contributed by atoms with E-state index in [0.29, 0.717) is 18.0 Å². The largest absolute Gasteiger partial charge is 0.349 e. The lowest BCUT2D eigenvalue weighted by molar-refractivity contribution is -0.117. The number of carbonyl (C=O) groups excluding carboxylic acids is 2. The molecule has 6 nitrogen and oxygen atoms in total. The third-order valence-electron chi connectivity index (χ3n) is 4.31. The minimum Gasteiger partial charge on any atom is -0.349 e. The van der Waals surface area contributed by atoms with Crippen LogP contribution in [0.1, 0.15) is 28.3 Å². The number of nitrogens with zero attached hydrogens (tertiary/aromatic N) is 2. The zero-order valence-corrected chi connectivity index (χ0v) is 13.8. The zero-order chi connectivity index (χ0) is 16.9. The molecule has 2 N–H and O–H groups in total. The van der Waals surface area contributed by atoms with Crippen LogP contribution in [0.15, 0.2) is 36.5 Å². The van der Waals surface area contributed by atoms with Crippen LogP contribution in [0.4, 0.5) is 0 Å². The number of likely N-dealkylation sites (tertiary alicyclic amines) is 1. The molecule has 1 aliphatic rings. The smallest absolute Gasteiger partial charge is 0.292 e. The van der Waals surface area contributed by atoms with Crippen molar-refractivity contribution in [2.24, 2.45) is 5.92 Å². The summed E-state index contributed by atoms with van der Waals surface area (Å²) in [6.45, 7) is 5.23. The molecule has 1 fully saturated rings. The highest BCUT2D eigenvalue weighted by atomic mass is 16.2. The molecule has 0 bridgehead atoms. The van der Waals surface area contributed by atoms with Gasteiger partial charge < -0.3 is 10.3 Å². The second-order valence-electron chi connectivity index (χ2n) is 6.29. The monoisotopic (exact) mass is 326 g/mol. The lowest BCUT2D eigenvalue weighted by atomic mass is 10.1. The summed E-state index contributed by atoms with van der Waals surface area (Å²) in [5.41, 5.74) is 1.54. The van der Waals surface area contributed by atoms with E-state index in [1.807, 2.05) is 19.2 Å². The van der Waals surface area contributed by atoms with Crippen LogP contribution >= 0.6 is 0 Å². The third kappa shape index (κ3) is 4.08. The van der Waals surface area contributed by atoms with Crippen molar-refractivity contribution in [3.63, 3.8) is 0 Å². The van der Waals surface area contributed by atoms with E-state index in [1.54, 1.807) is 24.3 Å². The standard InChI is InChI=1S/C18H22N4O2/c1-13-19-10-16(21-13)12-22-8-7-14(11-22)9-20-18(24)17(23)15-5-3-2-4-6-15/h2-6,10,14H,7-9,11-12H2,1H3,(H,19,21)(H,20,24)/t14-/m0/s1. The summed E-state index contributed by atoms with van der Waals surface area (Å²) in [6, 6.07) is 8.65. The number of imidazole rings is 1. The number of amides is 1. The van der Waals surface area contributed by atoms with Gasteiger partial charge in [-0.25, -0.2) is 4.98 Å². The van der Waals surface area contributed by atoms with Crippen molar-refractivity contribution in [3.05, 3.63) is 53.6 Å². The van der Waals surface area contributed by atoms with Gasteiger partial charge in [-0.05, 0) is 25.8 Å². The molecule has 2 heterocycles. The van der Waals surface area contributed by atoms with Gasteiger partial charge in [-0.15, -0.1) is 0 Å². The molecule has 0 unspecified atom stereocenters. The number of hydrogen-bond donors (Lipinski definition) is 2. The van der Waals surface area contributed by atoms with E-state index in [-0.39, 0.29) is 0 Å². The molecule has 24 heavy (non-hydrogen) atoms. The lowest BCUT2D eigenvalue weighted by Gasteiger charge is -2.15. The number of nitrogens with one attached hydrogen (secondary N) is 2. The van der Waals surface area contributed by atoms with Crippen LogP contribution in [0.2, 0.25) is 0 Å². The van der Waals surface area contributed by atoms with Crippen LogP contribution in [0.25, 0.3) is 0 Å². The fourth-order valence-corrected chi connectivity index (χ4v) is 3.05. The van der Waals surface area contributed by atoms with Crippen LogP contribution in [0.3, 0.4) is 0 Å². The fraction of sp³-hybridized carbons (Fsp3) is 0.389. The maximum atomic E-state index is 12.0. The average Bonchev–Trinajstić information content (AvgIpc) is 3.22. The number of rotatable bonds is 6. The maximum absolute atomic E-state index is 12.0. The molecule has 1 amide bonds. The first-order valence-corrected chi connectivity index (χ1v) is 8.22. The van der Waals surface area contributed by atoms with E-state index in [0.717, 1.165) is 37.6 Å². The predicted octanol–water partition coefficient (Wildman–Crippen LogP) is 1.54. The molecule has 0 radical (unpaired) electrons. The summed E-state index contributed by atoms with van der Waals surface area (Å²) in [5.74, 6) is 0.302. The number of aromatic amines is 1. The first-order valence-electron chi connectivity index (χ1n) is 8.22. The summed E-state index contributed by atoms with van der Waals surface area (Å²) >= 11 is 0. The molecule has 1 aromatic heterocycles. The Morgan fingerprint density at radius 2 is 2.12 bits per heavy atom. The van der Waals surface area contributed by atoms with Gasteiger partial charge >= 0.3 is 0 Å². The van der Waals surface area contributed by atoms with Crippen molar-refractivity contribution in [1.29, 1.82) is 0 Å². The van der Waals surface area contributed by atoms with Crippen LogP contribution in [0, 0.1) is 12.8 Å². The summed E-state index contributed by atoms with van der Waals surface area (Å²) < 4.78 is 0. The summed E-state index contributed by atoms with van der Waals surface area (Å²) in [7, 11) is 0. The summed E-state index contributed by atoms with van der Waals surface area (Å²) in [4.78, 5) is 33.8. The van der Waals surface area contributed by atoms with Crippen molar-refractivity contribution in [2.45, 2.75) is 19.9 Å². The Labute approximate surface area is 141 Å². The van der Waals surface area contributed by atoms with Gasteiger partial charge in [-0.2, -0.15) is 0 Å². The highest BCUT2D eigenvalue weighted by Crippen LogP contribution is 2.17. The quantitative estimate of drug-likeness (QED) is 0.623. The van der Waals surface area contributed by atoms with Crippen molar-refractivity contribution in [2.75, 3.05) is 19.6 Å². The Hall–Kier alpha value is -2.47. The highest BCUT2D eigenvalue weighted by Gasteiger charge is 2.24. The molecule has 0 aliphatic carbocycles. The van der Waals surface area contributed by atoms with E-state index in [4.69, 9.17) is 0 Å². The number of H-pyrrole nitrogens is 1. The second-order valence-corrected chi connectivity index (χ2v) is 6.29. The molecule has 6 heteroatoms. The topological polar surface area (TPSA) is 78.1 Å². The van der Waals surface area contributed by atoms with Crippen molar-refractivity contribution < 1.29 is 9.59 Å². The Morgan fingerprint density at radius 3 is 2.83 bits per heavy atom. The van der Waals surface area contributed by atoms with Crippen molar-refractivity contribution in [3.8, 4) is 0 Å². The third-order valence-corrected chi connectivity index (χ3v) is 4.31. The van der Waals surface area contributed by atoms with Gasteiger partial charge in [0.25, 0.3) is 5.91 Å². The molecule has 1 atom stereocenters. The number of ketones is 1. The minimum absolute atomic E-state index is 0.376. The number of benzene rings is 1. The van der Waals surface area contributed by atoms with Crippen LogP contribution < -0.4 is 5.32 Å².